The van der Waals surface area contributed by atoms with Crippen molar-refractivity contribution in [3.8, 4) is 5.88 Å². The minimum Gasteiger partial charge on any atom is -0.476 e. The van der Waals surface area contributed by atoms with E-state index in [4.69, 9.17) is 10.5 Å². The summed E-state index contributed by atoms with van der Waals surface area (Å²) in [5.41, 5.74) is 6.17. The van der Waals surface area contributed by atoms with E-state index in [1.54, 1.807) is 12.1 Å². The second kappa shape index (κ2) is 6.11. The van der Waals surface area contributed by atoms with Gasteiger partial charge in [-0.15, -0.1) is 11.8 Å². The number of anilines is 1. The third-order valence-electron chi connectivity index (χ3n) is 1.85. The first-order valence-electron chi connectivity index (χ1n) is 5.12. The van der Waals surface area contributed by atoms with Crippen LogP contribution in [0.4, 0.5) is 5.69 Å². The molecule has 0 aromatic carbocycles. The Hall–Kier alpha value is -0.950. The number of sulfone groups is 1. The van der Waals surface area contributed by atoms with Crippen molar-refractivity contribution in [3.05, 3.63) is 12.1 Å². The first-order valence-corrected chi connectivity index (χ1v) is 8.17. The average molecular weight is 276 g/mol. The minimum atomic E-state index is -2.93. The molecule has 0 saturated carbocycles. The van der Waals surface area contributed by atoms with Crippen LogP contribution in [0, 0.1) is 0 Å². The number of ether oxygens (including phenoxy) is 1. The molecule has 0 radical (unpaired) electrons. The molecule has 0 spiro atoms. The molecule has 0 amide bonds. The second-order valence-electron chi connectivity index (χ2n) is 3.46. The van der Waals surface area contributed by atoms with Crippen molar-refractivity contribution >= 4 is 27.3 Å². The lowest BCUT2D eigenvalue weighted by Gasteiger charge is -2.07. The van der Waals surface area contributed by atoms with Gasteiger partial charge in [0, 0.05) is 12.0 Å². The molecule has 1 rings (SSSR count). The van der Waals surface area contributed by atoms with Gasteiger partial charge in [0.25, 0.3) is 0 Å². The van der Waals surface area contributed by atoms with Gasteiger partial charge in [0.05, 0.1) is 18.0 Å². The van der Waals surface area contributed by atoms with Crippen LogP contribution < -0.4 is 10.5 Å². The number of rotatable bonds is 6. The molecular weight excluding hydrogens is 260 g/mol. The molecule has 0 saturated heterocycles. The molecule has 0 aliphatic carbocycles. The lowest BCUT2D eigenvalue weighted by molar-refractivity contribution is 0.326. The van der Waals surface area contributed by atoms with Crippen molar-refractivity contribution < 1.29 is 13.2 Å². The predicted octanol–water partition coefficient (Wildman–Crippen LogP) is 1.20. The number of hydrogen-bond donors (Lipinski definition) is 1. The maximum absolute atomic E-state index is 11.0. The van der Waals surface area contributed by atoms with Crippen LogP contribution in [0.25, 0.3) is 0 Å². The molecule has 1 aromatic heterocycles. The number of pyridine rings is 1. The molecule has 0 aliphatic heterocycles. The highest BCUT2D eigenvalue weighted by Crippen LogP contribution is 2.24. The summed E-state index contributed by atoms with van der Waals surface area (Å²) in [7, 11) is -2.93. The molecule has 0 unspecified atom stereocenters. The number of aromatic nitrogens is 1. The van der Waals surface area contributed by atoms with Crippen LogP contribution >= 0.6 is 11.8 Å². The number of nitrogens with two attached hydrogens (primary N) is 1. The van der Waals surface area contributed by atoms with Gasteiger partial charge in [0.2, 0.25) is 5.88 Å². The van der Waals surface area contributed by atoms with Gasteiger partial charge in [-0.05, 0) is 19.1 Å². The highest BCUT2D eigenvalue weighted by Gasteiger charge is 2.06. The summed E-state index contributed by atoms with van der Waals surface area (Å²) in [5, 5.41) is 0.714. The van der Waals surface area contributed by atoms with Crippen molar-refractivity contribution in [1.29, 1.82) is 0 Å². The Morgan fingerprint density at radius 1 is 1.47 bits per heavy atom. The van der Waals surface area contributed by atoms with Crippen molar-refractivity contribution in [2.75, 3.05) is 30.1 Å². The number of thioether (sulfide) groups is 1. The zero-order valence-corrected chi connectivity index (χ0v) is 11.5. The minimum absolute atomic E-state index is 0.133. The third kappa shape index (κ3) is 5.27. The highest BCUT2D eigenvalue weighted by molar-refractivity contribution is 8.00. The molecule has 0 atom stereocenters. The van der Waals surface area contributed by atoms with Crippen LogP contribution in [0.3, 0.4) is 0 Å². The number of nitrogen functional groups attached to an aromatic ring is 1. The zero-order valence-electron chi connectivity index (χ0n) is 9.84. The Labute approximate surface area is 106 Å². The molecule has 1 aromatic rings. The van der Waals surface area contributed by atoms with Crippen molar-refractivity contribution in [2.24, 2.45) is 0 Å². The van der Waals surface area contributed by atoms with Crippen LogP contribution in [0.15, 0.2) is 17.2 Å². The normalized spacial score (nSPS) is 11.4. The van der Waals surface area contributed by atoms with Gasteiger partial charge in [-0.2, -0.15) is 0 Å². The highest BCUT2D eigenvalue weighted by atomic mass is 32.2. The van der Waals surface area contributed by atoms with Crippen LogP contribution in [0.1, 0.15) is 6.92 Å². The van der Waals surface area contributed by atoms with Crippen LogP contribution in [0.2, 0.25) is 0 Å². The standard InChI is InChI=1S/C10H16N2O3S2/c1-3-15-10-8(11)4-5-9(12-10)16-6-7-17(2,13)14/h4-5H,3,6-7,11H2,1-2H3. The smallest absolute Gasteiger partial charge is 0.238 e. The molecule has 7 heteroatoms. The summed E-state index contributed by atoms with van der Waals surface area (Å²) < 4.78 is 27.2. The van der Waals surface area contributed by atoms with E-state index in [1.807, 2.05) is 6.92 Å². The lowest BCUT2D eigenvalue weighted by Crippen LogP contribution is -2.05. The predicted molar refractivity (Wildman–Crippen MR) is 70.3 cm³/mol. The molecule has 5 nitrogen and oxygen atoms in total. The van der Waals surface area contributed by atoms with Gasteiger partial charge >= 0.3 is 0 Å². The largest absolute Gasteiger partial charge is 0.476 e. The fourth-order valence-corrected chi connectivity index (χ4v) is 3.13. The molecule has 0 bridgehead atoms. The molecule has 0 aliphatic rings. The Morgan fingerprint density at radius 3 is 2.76 bits per heavy atom. The number of nitrogens with zero attached hydrogens (tertiary/aromatic N) is 1. The van der Waals surface area contributed by atoms with E-state index in [-0.39, 0.29) is 5.75 Å². The molecule has 2 N–H and O–H groups in total. The average Bonchev–Trinajstić information content (AvgIpc) is 2.21. The van der Waals surface area contributed by atoms with Crippen LogP contribution in [-0.2, 0) is 9.84 Å². The van der Waals surface area contributed by atoms with E-state index in [0.29, 0.717) is 29.0 Å². The lowest BCUT2D eigenvalue weighted by atomic mass is 10.4. The summed E-state index contributed by atoms with van der Waals surface area (Å²) in [6, 6.07) is 3.46. The van der Waals surface area contributed by atoms with E-state index < -0.39 is 9.84 Å². The Kier molecular flexibility index (Phi) is 5.07. The van der Waals surface area contributed by atoms with Crippen molar-refractivity contribution in [2.45, 2.75) is 11.9 Å². The zero-order chi connectivity index (χ0) is 12.9. The van der Waals surface area contributed by atoms with Crippen molar-refractivity contribution in [3.63, 3.8) is 0 Å². The van der Waals surface area contributed by atoms with Crippen LogP contribution in [0.5, 0.6) is 5.88 Å². The van der Waals surface area contributed by atoms with Gasteiger partial charge in [0.15, 0.2) is 0 Å². The first-order chi connectivity index (χ1) is 7.92. The molecule has 1 heterocycles. The summed E-state index contributed by atoms with van der Waals surface area (Å²) >= 11 is 1.37. The summed E-state index contributed by atoms with van der Waals surface area (Å²) in [6.45, 7) is 2.35. The van der Waals surface area contributed by atoms with Gasteiger partial charge in [-0.1, -0.05) is 0 Å². The maximum Gasteiger partial charge on any atom is 0.238 e. The van der Waals surface area contributed by atoms with E-state index in [2.05, 4.69) is 4.98 Å². The van der Waals surface area contributed by atoms with Gasteiger partial charge in [-0.3, -0.25) is 0 Å². The van der Waals surface area contributed by atoms with Gasteiger partial charge in [-0.25, -0.2) is 13.4 Å². The second-order valence-corrected chi connectivity index (χ2v) is 6.83. The Bertz CT molecular complexity index is 474. The molecule has 96 valence electrons. The summed E-state index contributed by atoms with van der Waals surface area (Å²) in [5.74, 6) is 1.01. The molecular formula is C10H16N2O3S2. The summed E-state index contributed by atoms with van der Waals surface area (Å²) in [4.78, 5) is 4.20. The Balaban J connectivity index is 2.63. The van der Waals surface area contributed by atoms with Gasteiger partial charge < -0.3 is 10.5 Å². The maximum atomic E-state index is 11.0. The monoisotopic (exact) mass is 276 g/mol. The van der Waals surface area contributed by atoms with Crippen LogP contribution in [-0.4, -0.2) is 37.8 Å². The quantitative estimate of drug-likeness (QED) is 0.786. The fourth-order valence-electron chi connectivity index (χ4n) is 1.06. The molecule has 17 heavy (non-hydrogen) atoms. The third-order valence-corrected chi connectivity index (χ3v) is 3.98. The fraction of sp³-hybridized carbons (Fsp3) is 0.500. The summed E-state index contributed by atoms with van der Waals surface area (Å²) in [6.07, 6.45) is 1.22. The van der Waals surface area contributed by atoms with Gasteiger partial charge in [0.1, 0.15) is 14.9 Å². The van der Waals surface area contributed by atoms with E-state index in [9.17, 15) is 8.42 Å². The topological polar surface area (TPSA) is 82.3 Å². The van der Waals surface area contributed by atoms with Crippen molar-refractivity contribution in [1.82, 2.24) is 4.98 Å². The van der Waals surface area contributed by atoms with E-state index >= 15 is 0 Å². The van der Waals surface area contributed by atoms with E-state index in [0.717, 1.165) is 0 Å². The Morgan fingerprint density at radius 2 is 2.18 bits per heavy atom. The SMILES string of the molecule is CCOc1nc(SCCS(C)(=O)=O)ccc1N. The van der Waals surface area contributed by atoms with E-state index in [1.165, 1.54) is 18.0 Å². The first kappa shape index (κ1) is 14.1. The molecule has 0 fully saturated rings. The number of hydrogen-bond acceptors (Lipinski definition) is 6.